The van der Waals surface area contributed by atoms with Gasteiger partial charge < -0.3 is 19.1 Å². The van der Waals surface area contributed by atoms with Crippen LogP contribution in [0.25, 0.3) is 11.1 Å². The third kappa shape index (κ3) is 3.43. The molecule has 0 bridgehead atoms. The van der Waals surface area contributed by atoms with Crippen molar-refractivity contribution in [1.82, 2.24) is 4.98 Å². The fourth-order valence-electron chi connectivity index (χ4n) is 2.75. The summed E-state index contributed by atoms with van der Waals surface area (Å²) in [7, 11) is 2.53. The van der Waals surface area contributed by atoms with Crippen molar-refractivity contribution in [1.29, 1.82) is 0 Å². The maximum absolute atomic E-state index is 12.3. The zero-order chi connectivity index (χ0) is 18.5. The SMILES string of the molecule is COC(=O)C1=C(C(=O)OC)N(c2cccc(-c3ccncc3)c2)COC1. The van der Waals surface area contributed by atoms with Crippen LogP contribution in [0.3, 0.4) is 0 Å². The van der Waals surface area contributed by atoms with Crippen LogP contribution in [0.2, 0.25) is 0 Å². The lowest BCUT2D eigenvalue weighted by atomic mass is 10.1. The number of pyridine rings is 1. The van der Waals surface area contributed by atoms with E-state index in [1.54, 1.807) is 17.3 Å². The van der Waals surface area contributed by atoms with E-state index in [0.29, 0.717) is 5.69 Å². The van der Waals surface area contributed by atoms with Gasteiger partial charge in [-0.05, 0) is 35.4 Å². The summed E-state index contributed by atoms with van der Waals surface area (Å²) < 4.78 is 15.1. The number of methoxy groups -OCH3 is 2. The Bertz CT molecular complexity index is 848. The van der Waals surface area contributed by atoms with Gasteiger partial charge in [-0.1, -0.05) is 12.1 Å². The molecule has 1 aliphatic rings. The maximum Gasteiger partial charge on any atom is 0.355 e. The van der Waals surface area contributed by atoms with Crippen molar-refractivity contribution < 1.29 is 23.8 Å². The minimum atomic E-state index is -0.625. The van der Waals surface area contributed by atoms with E-state index in [1.165, 1.54) is 14.2 Å². The summed E-state index contributed by atoms with van der Waals surface area (Å²) >= 11 is 0. The van der Waals surface area contributed by atoms with Crippen molar-refractivity contribution in [2.24, 2.45) is 0 Å². The van der Waals surface area contributed by atoms with E-state index in [4.69, 9.17) is 14.2 Å². The fourth-order valence-corrected chi connectivity index (χ4v) is 2.75. The number of ether oxygens (including phenoxy) is 3. The van der Waals surface area contributed by atoms with E-state index in [0.717, 1.165) is 11.1 Å². The third-order valence-corrected chi connectivity index (χ3v) is 4.00. The Hall–Kier alpha value is -3.19. The summed E-state index contributed by atoms with van der Waals surface area (Å²) in [5.74, 6) is -1.25. The number of aromatic nitrogens is 1. The van der Waals surface area contributed by atoms with Crippen LogP contribution in [0.4, 0.5) is 5.69 Å². The first kappa shape index (κ1) is 17.6. The predicted octanol–water partition coefficient (Wildman–Crippen LogP) is 2.14. The normalized spacial score (nSPS) is 14.2. The Balaban J connectivity index is 2.07. The van der Waals surface area contributed by atoms with E-state index >= 15 is 0 Å². The van der Waals surface area contributed by atoms with Crippen molar-refractivity contribution in [3.8, 4) is 11.1 Å². The average molecular weight is 354 g/mol. The Morgan fingerprint density at radius 1 is 1.04 bits per heavy atom. The van der Waals surface area contributed by atoms with Crippen LogP contribution in [0.15, 0.2) is 60.1 Å². The Labute approximate surface area is 150 Å². The van der Waals surface area contributed by atoms with Crippen molar-refractivity contribution in [3.05, 3.63) is 60.1 Å². The van der Waals surface area contributed by atoms with Crippen LogP contribution in [0, 0.1) is 0 Å². The molecular formula is C19H18N2O5. The zero-order valence-electron chi connectivity index (χ0n) is 14.5. The summed E-state index contributed by atoms with van der Waals surface area (Å²) in [6.07, 6.45) is 3.42. The van der Waals surface area contributed by atoms with Crippen LogP contribution >= 0.6 is 0 Å². The Morgan fingerprint density at radius 3 is 2.46 bits per heavy atom. The summed E-state index contributed by atoms with van der Waals surface area (Å²) in [5, 5.41) is 0. The first-order chi connectivity index (χ1) is 12.7. The number of hydrogen-bond donors (Lipinski definition) is 0. The largest absolute Gasteiger partial charge is 0.466 e. The van der Waals surface area contributed by atoms with Crippen molar-refractivity contribution in [2.45, 2.75) is 0 Å². The van der Waals surface area contributed by atoms with Gasteiger partial charge in [0.1, 0.15) is 12.4 Å². The Kier molecular flexibility index (Phi) is 5.28. The van der Waals surface area contributed by atoms with Crippen LogP contribution in [-0.2, 0) is 23.8 Å². The molecule has 0 amide bonds. The number of nitrogens with zero attached hydrogens (tertiary/aromatic N) is 2. The highest BCUT2D eigenvalue weighted by Crippen LogP contribution is 2.30. The second-order valence-corrected chi connectivity index (χ2v) is 5.50. The lowest BCUT2D eigenvalue weighted by Crippen LogP contribution is -2.38. The van der Waals surface area contributed by atoms with Gasteiger partial charge >= 0.3 is 11.9 Å². The lowest BCUT2D eigenvalue weighted by molar-refractivity contribution is -0.140. The number of benzene rings is 1. The first-order valence-corrected chi connectivity index (χ1v) is 7.91. The topological polar surface area (TPSA) is 78.0 Å². The molecule has 0 saturated heterocycles. The quantitative estimate of drug-likeness (QED) is 0.779. The van der Waals surface area contributed by atoms with E-state index < -0.39 is 11.9 Å². The highest BCUT2D eigenvalue weighted by atomic mass is 16.5. The smallest absolute Gasteiger partial charge is 0.355 e. The molecule has 2 aromatic rings. The molecule has 0 unspecified atom stereocenters. The molecular weight excluding hydrogens is 336 g/mol. The molecule has 1 aliphatic heterocycles. The first-order valence-electron chi connectivity index (χ1n) is 7.91. The van der Waals surface area contributed by atoms with Gasteiger partial charge in [-0.2, -0.15) is 0 Å². The van der Waals surface area contributed by atoms with Crippen LogP contribution in [-0.4, -0.2) is 44.5 Å². The second kappa shape index (κ2) is 7.79. The molecule has 1 aromatic carbocycles. The van der Waals surface area contributed by atoms with E-state index in [-0.39, 0.29) is 24.6 Å². The van der Waals surface area contributed by atoms with Crippen LogP contribution < -0.4 is 4.90 Å². The number of carbonyl (C=O) groups excluding carboxylic acids is 2. The fraction of sp³-hybridized carbons (Fsp3) is 0.211. The van der Waals surface area contributed by atoms with Crippen molar-refractivity contribution in [2.75, 3.05) is 32.5 Å². The molecule has 1 aromatic heterocycles. The second-order valence-electron chi connectivity index (χ2n) is 5.50. The Morgan fingerprint density at radius 2 is 1.77 bits per heavy atom. The molecule has 7 nitrogen and oxygen atoms in total. The molecule has 0 atom stereocenters. The molecule has 0 saturated carbocycles. The average Bonchev–Trinajstić information content (AvgIpc) is 2.72. The molecule has 7 heteroatoms. The van der Waals surface area contributed by atoms with Gasteiger partial charge in [-0.15, -0.1) is 0 Å². The number of anilines is 1. The lowest BCUT2D eigenvalue weighted by Gasteiger charge is -2.31. The predicted molar refractivity (Wildman–Crippen MR) is 94.0 cm³/mol. The standard InChI is InChI=1S/C19H18N2O5/c1-24-18(22)16-11-26-12-21(17(16)19(23)25-2)15-5-3-4-14(10-15)13-6-8-20-9-7-13/h3-10H,11-12H2,1-2H3. The number of carbonyl (C=O) groups is 2. The summed E-state index contributed by atoms with van der Waals surface area (Å²) in [4.78, 5) is 30.0. The minimum absolute atomic E-state index is 0.0162. The number of rotatable bonds is 4. The van der Waals surface area contributed by atoms with Crippen LogP contribution in [0.1, 0.15) is 0 Å². The summed E-state index contributed by atoms with van der Waals surface area (Å²) in [6, 6.07) is 11.3. The van der Waals surface area contributed by atoms with Crippen LogP contribution in [0.5, 0.6) is 0 Å². The molecule has 0 fully saturated rings. The molecule has 2 heterocycles. The zero-order valence-corrected chi connectivity index (χ0v) is 14.5. The number of hydrogen-bond acceptors (Lipinski definition) is 7. The van der Waals surface area contributed by atoms with Gasteiger partial charge in [0.05, 0.1) is 26.4 Å². The molecule has 0 N–H and O–H groups in total. The van der Waals surface area contributed by atoms with Gasteiger partial charge in [0.15, 0.2) is 0 Å². The van der Waals surface area contributed by atoms with Gasteiger partial charge in [-0.3, -0.25) is 4.98 Å². The van der Waals surface area contributed by atoms with Gasteiger partial charge in [0.2, 0.25) is 0 Å². The minimum Gasteiger partial charge on any atom is -0.466 e. The molecule has 3 rings (SSSR count). The molecule has 134 valence electrons. The van der Waals surface area contributed by atoms with Gasteiger partial charge in [0.25, 0.3) is 0 Å². The van der Waals surface area contributed by atoms with E-state index in [9.17, 15) is 9.59 Å². The highest BCUT2D eigenvalue weighted by Gasteiger charge is 2.32. The maximum atomic E-state index is 12.3. The summed E-state index contributed by atoms with van der Waals surface area (Å²) in [6.45, 7) is 0.0996. The summed E-state index contributed by atoms with van der Waals surface area (Å²) in [5.41, 5.74) is 2.87. The van der Waals surface area contributed by atoms with E-state index in [2.05, 4.69) is 4.98 Å². The van der Waals surface area contributed by atoms with Gasteiger partial charge in [0, 0.05) is 18.1 Å². The molecule has 0 spiro atoms. The van der Waals surface area contributed by atoms with E-state index in [1.807, 2.05) is 36.4 Å². The molecule has 0 aliphatic carbocycles. The highest BCUT2D eigenvalue weighted by molar-refractivity contribution is 6.03. The third-order valence-electron chi connectivity index (χ3n) is 4.00. The monoisotopic (exact) mass is 354 g/mol. The van der Waals surface area contributed by atoms with Gasteiger partial charge in [-0.25, -0.2) is 9.59 Å². The van der Waals surface area contributed by atoms with Crippen molar-refractivity contribution in [3.63, 3.8) is 0 Å². The molecule has 0 radical (unpaired) electrons. The number of esters is 2. The van der Waals surface area contributed by atoms with Crippen molar-refractivity contribution >= 4 is 17.6 Å². The molecule has 26 heavy (non-hydrogen) atoms.